The van der Waals surface area contributed by atoms with Gasteiger partial charge in [-0.15, -0.1) is 0 Å². The molecule has 0 spiro atoms. The molecule has 7 heteroatoms. The smallest absolute Gasteiger partial charge is 0.340 e. The van der Waals surface area contributed by atoms with Crippen LogP contribution in [0.5, 0.6) is 5.88 Å². The predicted octanol–water partition coefficient (Wildman–Crippen LogP) is 0.645. The van der Waals surface area contributed by atoms with Gasteiger partial charge in [-0.05, 0) is 12.1 Å². The topological polar surface area (TPSA) is 92.3 Å². The first-order chi connectivity index (χ1) is 8.67. The number of nitrogens with zero attached hydrogens (tertiary/aromatic N) is 3. The van der Waals surface area contributed by atoms with Crippen molar-refractivity contribution in [1.29, 1.82) is 0 Å². The van der Waals surface area contributed by atoms with Gasteiger partial charge in [-0.25, -0.2) is 9.48 Å². The molecule has 7 nitrogen and oxygen atoms in total. The second-order valence-corrected chi connectivity index (χ2v) is 3.39. The van der Waals surface area contributed by atoms with E-state index in [1.807, 2.05) is 0 Å². The number of rotatable bonds is 3. The number of aromatic nitrogens is 3. The van der Waals surface area contributed by atoms with Crippen molar-refractivity contribution in [2.24, 2.45) is 0 Å². The molecule has 0 radical (unpaired) electrons. The number of nitrogen functional groups attached to an aromatic ring is 1. The molecule has 0 aliphatic rings. The zero-order valence-electron chi connectivity index (χ0n) is 9.95. The fourth-order valence-electron chi connectivity index (χ4n) is 1.56. The molecule has 2 N–H and O–H groups in total. The molecule has 2 aromatic rings. The number of carbonyl (C=O) groups excluding carboxylic acids is 1. The lowest BCUT2D eigenvalue weighted by Gasteiger charge is -2.12. The molecule has 18 heavy (non-hydrogen) atoms. The van der Waals surface area contributed by atoms with Crippen molar-refractivity contribution >= 4 is 11.8 Å². The quantitative estimate of drug-likeness (QED) is 0.801. The number of hydrogen-bond donors (Lipinski definition) is 1. The molecule has 0 unspecified atom stereocenters. The standard InChI is InChI=1S/C11H12N4O3/c1-17-10-9(15-5-3-4-13-15)7(11(16)18-2)6-8(12)14-10/h3-6H,1-2H3,(H2,12,14). The molecule has 0 fully saturated rings. The Kier molecular flexibility index (Phi) is 3.13. The van der Waals surface area contributed by atoms with E-state index in [0.29, 0.717) is 5.69 Å². The number of nitrogens with two attached hydrogens (primary N) is 1. The second kappa shape index (κ2) is 4.74. The zero-order chi connectivity index (χ0) is 13.1. The lowest BCUT2D eigenvalue weighted by Crippen LogP contribution is -2.12. The summed E-state index contributed by atoms with van der Waals surface area (Å²) in [6.07, 6.45) is 3.25. The summed E-state index contributed by atoms with van der Waals surface area (Å²) in [7, 11) is 2.73. The van der Waals surface area contributed by atoms with Gasteiger partial charge in [-0.2, -0.15) is 10.1 Å². The van der Waals surface area contributed by atoms with Crippen molar-refractivity contribution in [1.82, 2.24) is 14.8 Å². The first kappa shape index (κ1) is 11.9. The maximum absolute atomic E-state index is 11.7. The fourth-order valence-corrected chi connectivity index (χ4v) is 1.56. The van der Waals surface area contributed by atoms with E-state index < -0.39 is 5.97 Å². The number of anilines is 1. The van der Waals surface area contributed by atoms with Crippen LogP contribution in [0.15, 0.2) is 24.5 Å². The molecule has 0 aromatic carbocycles. The lowest BCUT2D eigenvalue weighted by molar-refractivity contribution is 0.0600. The van der Waals surface area contributed by atoms with E-state index in [1.54, 1.807) is 18.5 Å². The van der Waals surface area contributed by atoms with E-state index in [4.69, 9.17) is 15.2 Å². The Morgan fingerprint density at radius 3 is 2.78 bits per heavy atom. The van der Waals surface area contributed by atoms with Gasteiger partial charge in [0.1, 0.15) is 11.5 Å². The third-order valence-corrected chi connectivity index (χ3v) is 2.31. The molecule has 0 saturated carbocycles. The van der Waals surface area contributed by atoms with Gasteiger partial charge in [0.15, 0.2) is 0 Å². The Bertz CT molecular complexity index is 566. The van der Waals surface area contributed by atoms with Crippen LogP contribution in [0.1, 0.15) is 10.4 Å². The van der Waals surface area contributed by atoms with Crippen LogP contribution in [-0.2, 0) is 4.74 Å². The van der Waals surface area contributed by atoms with E-state index in [0.717, 1.165) is 0 Å². The molecule has 2 aromatic heterocycles. The Balaban J connectivity index is 2.70. The molecule has 0 atom stereocenters. The van der Waals surface area contributed by atoms with Crippen LogP contribution in [0.2, 0.25) is 0 Å². The number of pyridine rings is 1. The van der Waals surface area contributed by atoms with Crippen molar-refractivity contribution in [3.05, 3.63) is 30.1 Å². The van der Waals surface area contributed by atoms with Gasteiger partial charge in [0.05, 0.1) is 19.8 Å². The van der Waals surface area contributed by atoms with Crippen molar-refractivity contribution in [3.63, 3.8) is 0 Å². The average molecular weight is 248 g/mol. The molecule has 0 amide bonds. The van der Waals surface area contributed by atoms with Crippen LogP contribution in [0, 0.1) is 0 Å². The normalized spacial score (nSPS) is 10.1. The van der Waals surface area contributed by atoms with Crippen molar-refractivity contribution in [2.45, 2.75) is 0 Å². The number of ether oxygens (including phenoxy) is 2. The van der Waals surface area contributed by atoms with Crippen molar-refractivity contribution in [3.8, 4) is 11.6 Å². The summed E-state index contributed by atoms with van der Waals surface area (Å²) < 4.78 is 11.3. The van der Waals surface area contributed by atoms with E-state index in [2.05, 4.69) is 10.1 Å². The van der Waals surface area contributed by atoms with Gasteiger partial charge in [0, 0.05) is 12.4 Å². The van der Waals surface area contributed by atoms with Gasteiger partial charge in [0.2, 0.25) is 5.88 Å². The predicted molar refractivity (Wildman–Crippen MR) is 63.7 cm³/mol. The number of hydrogen-bond acceptors (Lipinski definition) is 6. The average Bonchev–Trinajstić information content (AvgIpc) is 2.90. The molecule has 0 aliphatic heterocycles. The second-order valence-electron chi connectivity index (χ2n) is 3.39. The van der Waals surface area contributed by atoms with Gasteiger partial charge >= 0.3 is 5.97 Å². The number of esters is 1. The Morgan fingerprint density at radius 2 is 2.22 bits per heavy atom. The number of methoxy groups -OCH3 is 2. The summed E-state index contributed by atoms with van der Waals surface area (Å²) in [6.45, 7) is 0. The first-order valence-corrected chi connectivity index (χ1v) is 5.10. The SMILES string of the molecule is COC(=O)c1cc(N)nc(OC)c1-n1cccn1. The minimum atomic E-state index is -0.534. The Hall–Kier alpha value is -2.57. The fraction of sp³-hybridized carbons (Fsp3) is 0.182. The summed E-state index contributed by atoms with van der Waals surface area (Å²) in [4.78, 5) is 15.8. The van der Waals surface area contributed by atoms with Crippen LogP contribution in [0.4, 0.5) is 5.82 Å². The highest BCUT2D eigenvalue weighted by atomic mass is 16.5. The minimum Gasteiger partial charge on any atom is -0.479 e. The van der Waals surface area contributed by atoms with Crippen LogP contribution in [0.25, 0.3) is 5.69 Å². The monoisotopic (exact) mass is 248 g/mol. The van der Waals surface area contributed by atoms with Crippen LogP contribution < -0.4 is 10.5 Å². The Labute approximate surface area is 103 Å². The maximum Gasteiger partial charge on any atom is 0.340 e. The molecule has 2 heterocycles. The summed E-state index contributed by atoms with van der Waals surface area (Å²) in [5.74, 6) is -0.157. The van der Waals surface area contributed by atoms with Crippen LogP contribution in [0.3, 0.4) is 0 Å². The molecule has 0 saturated heterocycles. The third kappa shape index (κ3) is 1.97. The van der Waals surface area contributed by atoms with Crippen molar-refractivity contribution < 1.29 is 14.3 Å². The molecule has 0 aliphatic carbocycles. The van der Waals surface area contributed by atoms with E-state index >= 15 is 0 Å². The van der Waals surface area contributed by atoms with Crippen LogP contribution >= 0.6 is 0 Å². The maximum atomic E-state index is 11.7. The largest absolute Gasteiger partial charge is 0.479 e. The molecule has 94 valence electrons. The summed E-state index contributed by atoms with van der Waals surface area (Å²) in [6, 6.07) is 3.14. The van der Waals surface area contributed by atoms with Gasteiger partial charge < -0.3 is 15.2 Å². The summed E-state index contributed by atoms with van der Waals surface area (Å²) in [5, 5.41) is 4.05. The zero-order valence-corrected chi connectivity index (χ0v) is 9.95. The van der Waals surface area contributed by atoms with E-state index in [-0.39, 0.29) is 17.3 Å². The third-order valence-electron chi connectivity index (χ3n) is 2.31. The van der Waals surface area contributed by atoms with Gasteiger partial charge in [-0.3, -0.25) is 0 Å². The molecule has 0 bridgehead atoms. The van der Waals surface area contributed by atoms with E-state index in [9.17, 15) is 4.79 Å². The highest BCUT2D eigenvalue weighted by Crippen LogP contribution is 2.26. The highest BCUT2D eigenvalue weighted by molar-refractivity contribution is 5.95. The van der Waals surface area contributed by atoms with Crippen molar-refractivity contribution in [2.75, 3.05) is 20.0 Å². The van der Waals surface area contributed by atoms with Crippen LogP contribution in [-0.4, -0.2) is 35.0 Å². The molecular formula is C11H12N4O3. The summed E-state index contributed by atoms with van der Waals surface area (Å²) in [5.41, 5.74) is 6.25. The molecule has 2 rings (SSSR count). The molecular weight excluding hydrogens is 236 g/mol. The minimum absolute atomic E-state index is 0.170. The summed E-state index contributed by atoms with van der Waals surface area (Å²) >= 11 is 0. The first-order valence-electron chi connectivity index (χ1n) is 5.10. The highest BCUT2D eigenvalue weighted by Gasteiger charge is 2.20. The van der Waals surface area contributed by atoms with Gasteiger partial charge in [-0.1, -0.05) is 0 Å². The number of carbonyl (C=O) groups is 1. The Morgan fingerprint density at radius 1 is 1.44 bits per heavy atom. The van der Waals surface area contributed by atoms with Gasteiger partial charge in [0.25, 0.3) is 0 Å². The lowest BCUT2D eigenvalue weighted by atomic mass is 10.2. The van der Waals surface area contributed by atoms with E-state index in [1.165, 1.54) is 25.0 Å².